The van der Waals surface area contributed by atoms with Crippen LogP contribution in [-0.2, 0) is 6.54 Å². The molecule has 21 heavy (non-hydrogen) atoms. The summed E-state index contributed by atoms with van der Waals surface area (Å²) in [5.41, 5.74) is 0.576. The minimum absolute atomic E-state index is 0.576. The number of hydrogen-bond donors (Lipinski definition) is 0. The van der Waals surface area contributed by atoms with Gasteiger partial charge in [0.05, 0.1) is 6.54 Å². The van der Waals surface area contributed by atoms with Crippen LogP contribution >= 0.6 is 11.3 Å². The Labute approximate surface area is 133 Å². The highest BCUT2D eigenvalue weighted by molar-refractivity contribution is 7.09. The van der Waals surface area contributed by atoms with Crippen LogP contribution in [0, 0.1) is 11.3 Å². The van der Waals surface area contributed by atoms with Crippen LogP contribution in [0.1, 0.15) is 44.5 Å². The molecule has 3 nitrogen and oxygen atoms in total. The van der Waals surface area contributed by atoms with Gasteiger partial charge in [-0.25, -0.2) is 4.98 Å². The Balaban J connectivity index is 1.53. The molecule has 1 aromatic rings. The molecule has 1 atom stereocenters. The Kier molecular flexibility index (Phi) is 4.97. The third kappa shape index (κ3) is 4.05. The zero-order valence-electron chi connectivity index (χ0n) is 13.6. The molecule has 4 heteroatoms. The van der Waals surface area contributed by atoms with Gasteiger partial charge in [-0.2, -0.15) is 0 Å². The number of thiazole rings is 1. The molecule has 0 amide bonds. The van der Waals surface area contributed by atoms with E-state index in [-0.39, 0.29) is 0 Å². The predicted molar refractivity (Wildman–Crippen MR) is 89.6 cm³/mol. The van der Waals surface area contributed by atoms with E-state index in [4.69, 9.17) is 0 Å². The molecule has 0 bridgehead atoms. The highest BCUT2D eigenvalue weighted by Crippen LogP contribution is 2.39. The number of likely N-dealkylation sites (tertiary alicyclic amines) is 2. The van der Waals surface area contributed by atoms with E-state index in [1.807, 2.05) is 6.20 Å². The summed E-state index contributed by atoms with van der Waals surface area (Å²) in [7, 11) is 0. The van der Waals surface area contributed by atoms with E-state index in [2.05, 4.69) is 34.0 Å². The zero-order chi connectivity index (χ0) is 14.7. The average Bonchev–Trinajstić information content (AvgIpc) is 3.07. The Bertz CT molecular complexity index is 431. The van der Waals surface area contributed by atoms with Gasteiger partial charge in [-0.3, -0.25) is 4.90 Å². The van der Waals surface area contributed by atoms with Gasteiger partial charge < -0.3 is 4.90 Å². The van der Waals surface area contributed by atoms with Crippen LogP contribution in [0.4, 0.5) is 0 Å². The van der Waals surface area contributed by atoms with Crippen molar-refractivity contribution in [1.82, 2.24) is 14.8 Å². The van der Waals surface area contributed by atoms with E-state index in [1.54, 1.807) is 11.3 Å². The topological polar surface area (TPSA) is 19.4 Å². The molecule has 0 radical (unpaired) electrons. The predicted octanol–water partition coefficient (Wildman–Crippen LogP) is 3.48. The maximum Gasteiger partial charge on any atom is 0.107 e. The van der Waals surface area contributed by atoms with E-state index in [9.17, 15) is 0 Å². The molecule has 0 N–H and O–H groups in total. The smallest absolute Gasteiger partial charge is 0.107 e. The molecule has 0 saturated carbocycles. The van der Waals surface area contributed by atoms with Crippen molar-refractivity contribution in [2.45, 2.75) is 46.1 Å². The molecule has 0 aromatic carbocycles. The van der Waals surface area contributed by atoms with Crippen molar-refractivity contribution in [2.75, 3.05) is 32.7 Å². The van der Waals surface area contributed by atoms with E-state index in [1.165, 1.54) is 63.4 Å². The Hall–Kier alpha value is -0.450. The highest BCUT2D eigenvalue weighted by Gasteiger charge is 2.41. The third-order valence-corrected chi connectivity index (χ3v) is 5.89. The van der Waals surface area contributed by atoms with Crippen LogP contribution < -0.4 is 0 Å². The van der Waals surface area contributed by atoms with Crippen LogP contribution in [0.2, 0.25) is 0 Å². The standard InChI is InChI=1S/C17H29N3S/c1-15(2)4-9-19-10-6-17(13-19)5-3-8-20(14-17)12-16-18-7-11-21-16/h7,11,15H,3-6,8-10,12-14H2,1-2H3/t17-/m0/s1. The van der Waals surface area contributed by atoms with Crippen LogP contribution in [0.15, 0.2) is 11.6 Å². The quantitative estimate of drug-likeness (QED) is 0.830. The first kappa shape index (κ1) is 15.4. The van der Waals surface area contributed by atoms with Gasteiger partial charge in [-0.1, -0.05) is 13.8 Å². The van der Waals surface area contributed by atoms with E-state index >= 15 is 0 Å². The minimum Gasteiger partial charge on any atom is -0.303 e. The minimum atomic E-state index is 0.576. The first-order chi connectivity index (χ1) is 10.2. The molecule has 2 saturated heterocycles. The summed E-state index contributed by atoms with van der Waals surface area (Å²) in [6, 6.07) is 0. The molecular formula is C17H29N3S. The fraction of sp³-hybridized carbons (Fsp3) is 0.824. The second-order valence-electron chi connectivity index (χ2n) is 7.45. The normalized spacial score (nSPS) is 28.0. The first-order valence-corrected chi connectivity index (χ1v) is 9.36. The Morgan fingerprint density at radius 1 is 1.24 bits per heavy atom. The highest BCUT2D eigenvalue weighted by atomic mass is 32.1. The molecule has 1 spiro atoms. The Morgan fingerprint density at radius 3 is 2.86 bits per heavy atom. The molecule has 1 aromatic heterocycles. The Morgan fingerprint density at radius 2 is 2.10 bits per heavy atom. The number of nitrogens with zero attached hydrogens (tertiary/aromatic N) is 3. The van der Waals surface area contributed by atoms with Gasteiger partial charge in [0, 0.05) is 24.7 Å². The van der Waals surface area contributed by atoms with Crippen molar-refractivity contribution in [3.05, 3.63) is 16.6 Å². The van der Waals surface area contributed by atoms with Gasteiger partial charge >= 0.3 is 0 Å². The van der Waals surface area contributed by atoms with Crippen LogP contribution in [0.25, 0.3) is 0 Å². The molecule has 2 fully saturated rings. The average molecular weight is 308 g/mol. The molecule has 2 aliphatic rings. The summed E-state index contributed by atoms with van der Waals surface area (Å²) in [5, 5.41) is 3.37. The van der Waals surface area contributed by atoms with Gasteiger partial charge in [0.2, 0.25) is 0 Å². The number of hydrogen-bond acceptors (Lipinski definition) is 4. The van der Waals surface area contributed by atoms with Crippen LogP contribution in [0.3, 0.4) is 0 Å². The van der Waals surface area contributed by atoms with Crippen molar-refractivity contribution in [3.63, 3.8) is 0 Å². The first-order valence-electron chi connectivity index (χ1n) is 8.48. The van der Waals surface area contributed by atoms with E-state index in [0.717, 1.165) is 12.5 Å². The molecule has 3 rings (SSSR count). The zero-order valence-corrected chi connectivity index (χ0v) is 14.4. The number of rotatable bonds is 5. The van der Waals surface area contributed by atoms with Crippen LogP contribution in [-0.4, -0.2) is 47.5 Å². The van der Waals surface area contributed by atoms with Gasteiger partial charge in [-0.15, -0.1) is 11.3 Å². The molecule has 118 valence electrons. The third-order valence-electron chi connectivity index (χ3n) is 5.12. The number of piperidine rings is 1. The van der Waals surface area contributed by atoms with Crippen molar-refractivity contribution < 1.29 is 0 Å². The second kappa shape index (κ2) is 6.76. The lowest BCUT2D eigenvalue weighted by Crippen LogP contribution is -2.44. The lowest BCUT2D eigenvalue weighted by Gasteiger charge is -2.40. The SMILES string of the molecule is CC(C)CCN1CC[C@@]2(CCCN(Cc3nccs3)C2)C1. The molecule has 3 heterocycles. The maximum atomic E-state index is 4.46. The maximum absolute atomic E-state index is 4.46. The van der Waals surface area contributed by atoms with Crippen molar-refractivity contribution in [1.29, 1.82) is 0 Å². The molecule has 0 unspecified atom stereocenters. The molecule has 2 aliphatic heterocycles. The molecule has 0 aliphatic carbocycles. The molecular weight excluding hydrogens is 278 g/mol. The van der Waals surface area contributed by atoms with E-state index in [0.29, 0.717) is 5.41 Å². The second-order valence-corrected chi connectivity index (χ2v) is 8.43. The number of aromatic nitrogens is 1. The van der Waals surface area contributed by atoms with Crippen molar-refractivity contribution in [3.8, 4) is 0 Å². The summed E-state index contributed by atoms with van der Waals surface area (Å²) in [4.78, 5) is 9.82. The summed E-state index contributed by atoms with van der Waals surface area (Å²) < 4.78 is 0. The fourth-order valence-corrected chi connectivity index (χ4v) is 4.62. The van der Waals surface area contributed by atoms with Crippen molar-refractivity contribution >= 4 is 11.3 Å². The van der Waals surface area contributed by atoms with Crippen molar-refractivity contribution in [2.24, 2.45) is 11.3 Å². The fourth-order valence-electron chi connectivity index (χ4n) is 3.96. The lowest BCUT2D eigenvalue weighted by atomic mass is 9.79. The van der Waals surface area contributed by atoms with Gasteiger partial charge in [0.15, 0.2) is 0 Å². The van der Waals surface area contributed by atoms with E-state index < -0.39 is 0 Å². The van der Waals surface area contributed by atoms with Crippen LogP contribution in [0.5, 0.6) is 0 Å². The summed E-state index contributed by atoms with van der Waals surface area (Å²) in [6.07, 6.45) is 7.48. The van der Waals surface area contributed by atoms with Gasteiger partial charge in [0.1, 0.15) is 5.01 Å². The van der Waals surface area contributed by atoms with Gasteiger partial charge in [0.25, 0.3) is 0 Å². The lowest BCUT2D eigenvalue weighted by molar-refractivity contribution is 0.0868. The summed E-state index contributed by atoms with van der Waals surface area (Å²) in [6.45, 7) is 12.2. The largest absolute Gasteiger partial charge is 0.303 e. The van der Waals surface area contributed by atoms with Gasteiger partial charge in [-0.05, 0) is 56.7 Å². The summed E-state index contributed by atoms with van der Waals surface area (Å²) in [5.74, 6) is 0.828. The monoisotopic (exact) mass is 307 g/mol. The summed E-state index contributed by atoms with van der Waals surface area (Å²) >= 11 is 1.80.